The van der Waals surface area contributed by atoms with Crippen LogP contribution in [0.1, 0.15) is 16.5 Å². The topological polar surface area (TPSA) is 61.2 Å². The van der Waals surface area contributed by atoms with Crippen LogP contribution in [-0.4, -0.2) is 28.1 Å². The number of aromatic nitrogens is 3. The predicted molar refractivity (Wildman–Crippen MR) is 95.6 cm³/mol. The first kappa shape index (κ1) is 14.7. The van der Waals surface area contributed by atoms with Gasteiger partial charge >= 0.3 is 0 Å². The van der Waals surface area contributed by atoms with E-state index < -0.39 is 0 Å². The van der Waals surface area contributed by atoms with Gasteiger partial charge in [-0.25, -0.2) is 4.68 Å². The standard InChI is InChI=1S/C18H16N4O2S/c1-11-2-4-12(5-3-11)17-21-22-16(19-20-18(22)25-17)13-6-7-14-15(10-13)24-9-8-23-14/h2-7,10,17,21H,8-9H2,1H3. The van der Waals surface area contributed by atoms with E-state index in [2.05, 4.69) is 46.8 Å². The number of benzene rings is 2. The maximum absolute atomic E-state index is 5.68. The van der Waals surface area contributed by atoms with Crippen LogP contribution >= 0.6 is 11.8 Å². The van der Waals surface area contributed by atoms with E-state index in [-0.39, 0.29) is 5.37 Å². The summed E-state index contributed by atoms with van der Waals surface area (Å²) in [7, 11) is 0. The van der Waals surface area contributed by atoms with Gasteiger partial charge < -0.3 is 14.9 Å². The number of ether oxygens (including phenoxy) is 2. The number of hydrogen-bond acceptors (Lipinski definition) is 6. The van der Waals surface area contributed by atoms with Crippen LogP contribution in [0.15, 0.2) is 47.6 Å². The Morgan fingerprint density at radius 1 is 1.04 bits per heavy atom. The van der Waals surface area contributed by atoms with Crippen LogP contribution < -0.4 is 14.9 Å². The highest BCUT2D eigenvalue weighted by atomic mass is 32.2. The van der Waals surface area contributed by atoms with Gasteiger partial charge in [0.15, 0.2) is 17.3 Å². The highest BCUT2D eigenvalue weighted by molar-refractivity contribution is 7.99. The fourth-order valence-corrected chi connectivity index (χ4v) is 3.96. The van der Waals surface area contributed by atoms with Gasteiger partial charge in [0.2, 0.25) is 5.16 Å². The quantitative estimate of drug-likeness (QED) is 0.763. The molecule has 0 saturated heterocycles. The van der Waals surface area contributed by atoms with Crippen molar-refractivity contribution < 1.29 is 9.47 Å². The SMILES string of the molecule is Cc1ccc(C2Nn3c(nnc3-c3ccc4c(c3)OCCO4)S2)cc1. The van der Waals surface area contributed by atoms with Gasteiger partial charge in [0.1, 0.15) is 18.6 Å². The maximum Gasteiger partial charge on any atom is 0.212 e. The van der Waals surface area contributed by atoms with Gasteiger partial charge in [-0.05, 0) is 30.7 Å². The fraction of sp³-hybridized carbons (Fsp3) is 0.222. The Morgan fingerprint density at radius 2 is 1.84 bits per heavy atom. The first-order valence-electron chi connectivity index (χ1n) is 8.13. The average Bonchev–Trinajstić information content (AvgIpc) is 3.22. The molecule has 3 aromatic rings. The van der Waals surface area contributed by atoms with Crippen molar-refractivity contribution in [3.63, 3.8) is 0 Å². The van der Waals surface area contributed by atoms with Gasteiger partial charge in [-0.2, -0.15) is 0 Å². The van der Waals surface area contributed by atoms with E-state index in [9.17, 15) is 0 Å². The third-order valence-corrected chi connectivity index (χ3v) is 5.37. The number of aryl methyl sites for hydroxylation is 1. The molecule has 2 aliphatic heterocycles. The van der Waals surface area contributed by atoms with Crippen molar-refractivity contribution >= 4 is 11.8 Å². The lowest BCUT2D eigenvalue weighted by atomic mass is 10.1. The predicted octanol–water partition coefficient (Wildman–Crippen LogP) is 3.37. The van der Waals surface area contributed by atoms with Crippen LogP contribution in [-0.2, 0) is 0 Å². The van der Waals surface area contributed by atoms with Gasteiger partial charge in [-0.1, -0.05) is 41.6 Å². The van der Waals surface area contributed by atoms with Crippen molar-refractivity contribution in [1.29, 1.82) is 0 Å². The molecule has 0 spiro atoms. The van der Waals surface area contributed by atoms with Crippen LogP contribution in [0, 0.1) is 6.92 Å². The minimum atomic E-state index is 0.127. The molecule has 126 valence electrons. The first-order chi connectivity index (χ1) is 12.3. The third-order valence-electron chi connectivity index (χ3n) is 4.28. The Kier molecular flexibility index (Phi) is 3.34. The molecule has 1 N–H and O–H groups in total. The largest absolute Gasteiger partial charge is 0.486 e. The summed E-state index contributed by atoms with van der Waals surface area (Å²) in [5.41, 5.74) is 6.89. The minimum Gasteiger partial charge on any atom is -0.486 e. The van der Waals surface area contributed by atoms with Crippen LogP contribution in [0.25, 0.3) is 11.4 Å². The summed E-state index contributed by atoms with van der Waals surface area (Å²) in [4.78, 5) is 0. The molecule has 1 unspecified atom stereocenters. The van der Waals surface area contributed by atoms with Gasteiger partial charge in [0.25, 0.3) is 0 Å². The van der Waals surface area contributed by atoms with Crippen LogP contribution in [0.5, 0.6) is 11.5 Å². The molecular formula is C18H16N4O2S. The number of thioether (sulfide) groups is 1. The average molecular weight is 352 g/mol. The summed E-state index contributed by atoms with van der Waals surface area (Å²) >= 11 is 1.66. The molecule has 2 aliphatic rings. The zero-order valence-corrected chi connectivity index (χ0v) is 14.4. The van der Waals surface area contributed by atoms with Crippen LogP contribution in [0.4, 0.5) is 0 Å². The number of nitrogens with one attached hydrogen (secondary N) is 1. The summed E-state index contributed by atoms with van der Waals surface area (Å²) in [6.07, 6.45) is 0. The second-order valence-electron chi connectivity index (χ2n) is 6.04. The molecule has 6 nitrogen and oxygen atoms in total. The zero-order chi connectivity index (χ0) is 16.8. The Balaban J connectivity index is 1.46. The lowest BCUT2D eigenvalue weighted by Gasteiger charge is -2.19. The molecule has 0 fully saturated rings. The van der Waals surface area contributed by atoms with E-state index in [4.69, 9.17) is 9.47 Å². The van der Waals surface area contributed by atoms with Crippen molar-refractivity contribution in [2.24, 2.45) is 0 Å². The number of fused-ring (bicyclic) bond motifs is 2. The molecule has 7 heteroatoms. The van der Waals surface area contributed by atoms with Crippen LogP contribution in [0.3, 0.4) is 0 Å². The van der Waals surface area contributed by atoms with E-state index >= 15 is 0 Å². The molecule has 1 aromatic heterocycles. The summed E-state index contributed by atoms with van der Waals surface area (Å²) in [5, 5.41) is 9.64. The summed E-state index contributed by atoms with van der Waals surface area (Å²) in [6.45, 7) is 3.25. The van der Waals surface area contributed by atoms with Crippen molar-refractivity contribution in [2.75, 3.05) is 18.6 Å². The normalized spacial score (nSPS) is 17.9. The van der Waals surface area contributed by atoms with E-state index in [0.717, 1.165) is 28.0 Å². The van der Waals surface area contributed by atoms with Crippen molar-refractivity contribution in [2.45, 2.75) is 17.5 Å². The Labute approximate surface area is 149 Å². The number of rotatable bonds is 2. The van der Waals surface area contributed by atoms with E-state index in [1.807, 2.05) is 22.9 Å². The Morgan fingerprint density at radius 3 is 2.68 bits per heavy atom. The molecule has 2 aromatic carbocycles. The smallest absolute Gasteiger partial charge is 0.212 e. The monoisotopic (exact) mass is 352 g/mol. The number of nitrogens with zero attached hydrogens (tertiary/aromatic N) is 3. The van der Waals surface area contributed by atoms with Crippen LogP contribution in [0.2, 0.25) is 0 Å². The molecule has 0 aliphatic carbocycles. The van der Waals surface area contributed by atoms with Gasteiger partial charge in [0.05, 0.1) is 0 Å². The zero-order valence-electron chi connectivity index (χ0n) is 13.6. The maximum atomic E-state index is 5.68. The molecule has 3 heterocycles. The van der Waals surface area contributed by atoms with Gasteiger partial charge in [-0.15, -0.1) is 10.2 Å². The number of hydrogen-bond donors (Lipinski definition) is 1. The van der Waals surface area contributed by atoms with E-state index in [0.29, 0.717) is 13.2 Å². The molecule has 0 amide bonds. The minimum absolute atomic E-state index is 0.127. The molecule has 0 radical (unpaired) electrons. The molecular weight excluding hydrogens is 336 g/mol. The third kappa shape index (κ3) is 2.51. The molecule has 25 heavy (non-hydrogen) atoms. The lowest BCUT2D eigenvalue weighted by Crippen LogP contribution is -2.16. The second-order valence-corrected chi connectivity index (χ2v) is 7.11. The van der Waals surface area contributed by atoms with E-state index in [1.165, 1.54) is 11.1 Å². The summed E-state index contributed by atoms with van der Waals surface area (Å²) in [5.74, 6) is 2.30. The van der Waals surface area contributed by atoms with Gasteiger partial charge in [-0.3, -0.25) is 0 Å². The lowest BCUT2D eigenvalue weighted by molar-refractivity contribution is 0.171. The molecule has 5 rings (SSSR count). The summed E-state index contributed by atoms with van der Waals surface area (Å²) < 4.78 is 13.2. The highest BCUT2D eigenvalue weighted by Crippen LogP contribution is 2.41. The molecule has 0 saturated carbocycles. The molecule has 0 bridgehead atoms. The van der Waals surface area contributed by atoms with E-state index in [1.54, 1.807) is 11.8 Å². The van der Waals surface area contributed by atoms with Crippen molar-refractivity contribution in [3.05, 3.63) is 53.6 Å². The summed E-state index contributed by atoms with van der Waals surface area (Å²) in [6, 6.07) is 14.4. The Hall–Kier alpha value is -2.67. The Bertz CT molecular complexity index is 939. The fourth-order valence-electron chi connectivity index (χ4n) is 2.96. The van der Waals surface area contributed by atoms with Crippen molar-refractivity contribution in [1.82, 2.24) is 14.9 Å². The first-order valence-corrected chi connectivity index (χ1v) is 9.01. The van der Waals surface area contributed by atoms with Crippen molar-refractivity contribution in [3.8, 4) is 22.9 Å². The highest BCUT2D eigenvalue weighted by Gasteiger charge is 2.28. The second kappa shape index (κ2) is 5.70. The van der Waals surface area contributed by atoms with Gasteiger partial charge in [0, 0.05) is 5.56 Å². The molecule has 1 atom stereocenters.